The Kier molecular flexibility index (Phi) is 3.63. The average Bonchev–Trinajstić information content (AvgIpc) is 2.75. The smallest absolute Gasteiger partial charge is 0.404 e. The second kappa shape index (κ2) is 5.18. The van der Waals surface area contributed by atoms with Crippen molar-refractivity contribution >= 4 is 23.6 Å². The molecular formula is C10H13ClN4O2. The standard InChI is InChI=1S/C10H13ClN4O2/c11-8-1-3-12-9(14-8)15-4-2-7(6-15)5-13-10(16)17/h1,3,7,13H,2,4-6H2,(H,16,17). The summed E-state index contributed by atoms with van der Waals surface area (Å²) in [4.78, 5) is 20.7. The zero-order chi connectivity index (χ0) is 12.3. The number of amides is 1. The summed E-state index contributed by atoms with van der Waals surface area (Å²) < 4.78 is 0. The van der Waals surface area contributed by atoms with E-state index in [0.717, 1.165) is 19.5 Å². The largest absolute Gasteiger partial charge is 0.465 e. The van der Waals surface area contributed by atoms with Gasteiger partial charge in [0.1, 0.15) is 5.15 Å². The minimum Gasteiger partial charge on any atom is -0.465 e. The monoisotopic (exact) mass is 256 g/mol. The number of carboxylic acid groups (broad SMARTS) is 1. The van der Waals surface area contributed by atoms with Gasteiger partial charge in [-0.2, -0.15) is 0 Å². The Hall–Kier alpha value is -1.56. The van der Waals surface area contributed by atoms with Crippen LogP contribution >= 0.6 is 11.6 Å². The minimum atomic E-state index is -0.984. The molecule has 1 aliphatic heterocycles. The van der Waals surface area contributed by atoms with Crippen LogP contribution in [0.25, 0.3) is 0 Å². The fraction of sp³-hybridized carbons (Fsp3) is 0.500. The van der Waals surface area contributed by atoms with Gasteiger partial charge in [-0.3, -0.25) is 0 Å². The van der Waals surface area contributed by atoms with Gasteiger partial charge in [0.2, 0.25) is 5.95 Å². The summed E-state index contributed by atoms with van der Waals surface area (Å²) in [6.45, 7) is 2.04. The Labute approximate surface area is 104 Å². The van der Waals surface area contributed by atoms with Gasteiger partial charge < -0.3 is 15.3 Å². The normalized spacial score (nSPS) is 19.4. The van der Waals surface area contributed by atoms with E-state index in [2.05, 4.69) is 15.3 Å². The SMILES string of the molecule is O=C(O)NCC1CCN(c2nccc(Cl)n2)C1. The van der Waals surface area contributed by atoms with E-state index in [1.165, 1.54) is 0 Å². The van der Waals surface area contributed by atoms with Gasteiger partial charge >= 0.3 is 6.09 Å². The molecule has 2 rings (SSSR count). The lowest BCUT2D eigenvalue weighted by Crippen LogP contribution is -2.30. The Morgan fingerprint density at radius 1 is 1.71 bits per heavy atom. The van der Waals surface area contributed by atoms with Crippen LogP contribution in [0.2, 0.25) is 5.15 Å². The van der Waals surface area contributed by atoms with Crippen LogP contribution in [0, 0.1) is 5.92 Å². The molecule has 1 aliphatic rings. The summed E-state index contributed by atoms with van der Waals surface area (Å²) >= 11 is 5.79. The van der Waals surface area contributed by atoms with Gasteiger partial charge in [0.25, 0.3) is 0 Å². The number of hydrogen-bond donors (Lipinski definition) is 2. The molecule has 2 N–H and O–H groups in total. The van der Waals surface area contributed by atoms with Gasteiger partial charge in [-0.05, 0) is 18.4 Å². The second-order valence-electron chi connectivity index (χ2n) is 3.97. The maximum Gasteiger partial charge on any atom is 0.404 e. The lowest BCUT2D eigenvalue weighted by Gasteiger charge is -2.16. The van der Waals surface area contributed by atoms with E-state index < -0.39 is 6.09 Å². The van der Waals surface area contributed by atoms with E-state index in [-0.39, 0.29) is 0 Å². The summed E-state index contributed by atoms with van der Waals surface area (Å²) in [7, 11) is 0. The van der Waals surface area contributed by atoms with Crippen LogP contribution in [-0.2, 0) is 0 Å². The van der Waals surface area contributed by atoms with Crippen molar-refractivity contribution < 1.29 is 9.90 Å². The van der Waals surface area contributed by atoms with Gasteiger partial charge in [-0.15, -0.1) is 0 Å². The fourth-order valence-corrected chi connectivity index (χ4v) is 2.02. The highest BCUT2D eigenvalue weighted by atomic mass is 35.5. The highest BCUT2D eigenvalue weighted by Gasteiger charge is 2.24. The molecule has 1 saturated heterocycles. The van der Waals surface area contributed by atoms with Crippen LogP contribution in [0.4, 0.5) is 10.7 Å². The van der Waals surface area contributed by atoms with Crippen LogP contribution in [0.5, 0.6) is 0 Å². The quantitative estimate of drug-likeness (QED) is 0.795. The Balaban J connectivity index is 1.91. The van der Waals surface area contributed by atoms with Crippen molar-refractivity contribution in [2.24, 2.45) is 5.92 Å². The summed E-state index contributed by atoms with van der Waals surface area (Å²) in [6.07, 6.45) is 1.56. The maximum atomic E-state index is 10.4. The Morgan fingerprint density at radius 2 is 2.53 bits per heavy atom. The predicted octanol–water partition coefficient (Wildman–Crippen LogP) is 1.22. The summed E-state index contributed by atoms with van der Waals surface area (Å²) in [5, 5.41) is 11.3. The van der Waals surface area contributed by atoms with Crippen molar-refractivity contribution in [1.82, 2.24) is 15.3 Å². The van der Waals surface area contributed by atoms with E-state index in [4.69, 9.17) is 16.7 Å². The molecule has 1 fully saturated rings. The molecule has 0 radical (unpaired) electrons. The van der Waals surface area contributed by atoms with Crippen molar-refractivity contribution in [3.05, 3.63) is 17.4 Å². The number of hydrogen-bond acceptors (Lipinski definition) is 4. The van der Waals surface area contributed by atoms with E-state index in [1.807, 2.05) is 4.90 Å². The van der Waals surface area contributed by atoms with Gasteiger partial charge in [0.15, 0.2) is 0 Å². The fourth-order valence-electron chi connectivity index (χ4n) is 1.89. The van der Waals surface area contributed by atoms with Crippen LogP contribution in [0.1, 0.15) is 6.42 Å². The van der Waals surface area contributed by atoms with Crippen molar-refractivity contribution in [2.45, 2.75) is 6.42 Å². The number of aromatic nitrogens is 2. The third kappa shape index (κ3) is 3.20. The molecule has 1 amide bonds. The highest BCUT2D eigenvalue weighted by Crippen LogP contribution is 2.20. The van der Waals surface area contributed by atoms with Gasteiger partial charge in [-0.1, -0.05) is 11.6 Å². The van der Waals surface area contributed by atoms with Gasteiger partial charge in [0.05, 0.1) is 0 Å². The van der Waals surface area contributed by atoms with Crippen LogP contribution in [-0.4, -0.2) is 40.8 Å². The molecule has 0 saturated carbocycles. The molecule has 17 heavy (non-hydrogen) atoms. The second-order valence-corrected chi connectivity index (χ2v) is 4.35. The topological polar surface area (TPSA) is 78.4 Å². The molecular weight excluding hydrogens is 244 g/mol. The molecule has 7 heteroatoms. The zero-order valence-electron chi connectivity index (χ0n) is 9.14. The van der Waals surface area contributed by atoms with Crippen molar-refractivity contribution in [3.63, 3.8) is 0 Å². The van der Waals surface area contributed by atoms with E-state index >= 15 is 0 Å². The first kappa shape index (κ1) is 11.9. The highest BCUT2D eigenvalue weighted by molar-refractivity contribution is 6.29. The molecule has 1 aromatic rings. The van der Waals surface area contributed by atoms with E-state index in [9.17, 15) is 4.79 Å². The third-order valence-corrected chi connectivity index (χ3v) is 2.93. The van der Waals surface area contributed by atoms with Gasteiger partial charge in [-0.25, -0.2) is 14.8 Å². The molecule has 6 nitrogen and oxygen atoms in total. The molecule has 92 valence electrons. The van der Waals surface area contributed by atoms with E-state index in [1.54, 1.807) is 12.3 Å². The van der Waals surface area contributed by atoms with Crippen molar-refractivity contribution in [1.29, 1.82) is 0 Å². The molecule has 0 aliphatic carbocycles. The van der Waals surface area contributed by atoms with E-state index in [0.29, 0.717) is 23.6 Å². The molecule has 0 spiro atoms. The third-order valence-electron chi connectivity index (χ3n) is 2.72. The lowest BCUT2D eigenvalue weighted by molar-refractivity contribution is 0.192. The predicted molar refractivity (Wildman–Crippen MR) is 63.4 cm³/mol. The number of rotatable bonds is 3. The minimum absolute atomic E-state index is 0.300. The van der Waals surface area contributed by atoms with Crippen LogP contribution < -0.4 is 10.2 Å². The number of nitrogens with zero attached hydrogens (tertiary/aromatic N) is 3. The van der Waals surface area contributed by atoms with Crippen LogP contribution in [0.3, 0.4) is 0 Å². The number of carbonyl (C=O) groups is 1. The first-order valence-electron chi connectivity index (χ1n) is 5.35. The number of nitrogens with one attached hydrogen (secondary N) is 1. The Morgan fingerprint density at radius 3 is 3.24 bits per heavy atom. The molecule has 1 aromatic heterocycles. The molecule has 0 aromatic carbocycles. The molecule has 2 heterocycles. The lowest BCUT2D eigenvalue weighted by atomic mass is 10.1. The molecule has 1 atom stereocenters. The van der Waals surface area contributed by atoms with Crippen molar-refractivity contribution in [2.75, 3.05) is 24.5 Å². The zero-order valence-corrected chi connectivity index (χ0v) is 9.89. The van der Waals surface area contributed by atoms with Crippen molar-refractivity contribution in [3.8, 4) is 0 Å². The summed E-state index contributed by atoms with van der Waals surface area (Å²) in [5.74, 6) is 0.906. The maximum absolute atomic E-state index is 10.4. The first-order chi connectivity index (χ1) is 8.15. The molecule has 0 bridgehead atoms. The first-order valence-corrected chi connectivity index (χ1v) is 5.73. The van der Waals surface area contributed by atoms with Crippen LogP contribution in [0.15, 0.2) is 12.3 Å². The average molecular weight is 257 g/mol. The summed E-state index contributed by atoms with van der Waals surface area (Å²) in [6, 6.07) is 1.63. The Bertz CT molecular complexity index is 415. The van der Waals surface area contributed by atoms with Gasteiger partial charge in [0, 0.05) is 25.8 Å². The molecule has 1 unspecified atom stereocenters. The number of halogens is 1. The number of anilines is 1. The summed E-state index contributed by atoms with van der Waals surface area (Å²) in [5.41, 5.74) is 0.